The number of nitrogens with two attached hydrogens (primary N) is 2. The van der Waals surface area contributed by atoms with Crippen molar-refractivity contribution in [1.82, 2.24) is 9.80 Å². The van der Waals surface area contributed by atoms with Gasteiger partial charge in [-0.3, -0.25) is 9.69 Å². The summed E-state index contributed by atoms with van der Waals surface area (Å²) in [5.41, 5.74) is 14.7. The molecule has 0 fully saturated rings. The van der Waals surface area contributed by atoms with E-state index in [9.17, 15) is 9.59 Å². The van der Waals surface area contributed by atoms with Crippen molar-refractivity contribution in [3.05, 3.63) is 88.9 Å². The number of nitrogens with zero attached hydrogens (tertiary/aromatic N) is 3. The van der Waals surface area contributed by atoms with Crippen molar-refractivity contribution >= 4 is 40.6 Å². The van der Waals surface area contributed by atoms with E-state index in [-0.39, 0.29) is 6.03 Å². The Balaban J connectivity index is 1.97. The van der Waals surface area contributed by atoms with E-state index in [1.54, 1.807) is 52.3 Å². The molecule has 3 amide bonds. The van der Waals surface area contributed by atoms with E-state index in [1.165, 1.54) is 0 Å². The average molecular weight is 480 g/mol. The summed E-state index contributed by atoms with van der Waals surface area (Å²) in [6.07, 6.45) is 0.789. The summed E-state index contributed by atoms with van der Waals surface area (Å²) in [5, 5.41) is 0.578. The number of rotatable bonds is 9. The molecule has 0 bridgehead atoms. The molecule has 0 aromatic heterocycles. The van der Waals surface area contributed by atoms with Gasteiger partial charge in [0.15, 0.2) is 0 Å². The van der Waals surface area contributed by atoms with Crippen molar-refractivity contribution in [3.8, 4) is 0 Å². The fraction of sp³-hybridized carbons (Fsp3) is 0.231. The van der Waals surface area contributed by atoms with Gasteiger partial charge in [-0.2, -0.15) is 0 Å². The Bertz CT molecular complexity index is 1120. The van der Waals surface area contributed by atoms with E-state index >= 15 is 0 Å². The van der Waals surface area contributed by atoms with Gasteiger partial charge in [-0.15, -0.1) is 0 Å². The SMILES string of the molecule is CN(C)CCCN(Cc1ccc(C(N)=O)cc1)C(=O)N(c1ccc(Cl)cc1)c1ccccc1N. The Labute approximate surface area is 205 Å². The molecule has 3 aromatic carbocycles. The quantitative estimate of drug-likeness (QED) is 0.433. The monoisotopic (exact) mass is 479 g/mol. The van der Waals surface area contributed by atoms with Gasteiger partial charge < -0.3 is 21.3 Å². The van der Waals surface area contributed by atoms with Crippen LogP contribution in [0.25, 0.3) is 0 Å². The molecule has 34 heavy (non-hydrogen) atoms. The maximum Gasteiger partial charge on any atom is 0.329 e. The molecule has 7 nitrogen and oxygen atoms in total. The zero-order valence-corrected chi connectivity index (χ0v) is 20.2. The Morgan fingerprint density at radius 2 is 1.53 bits per heavy atom. The topological polar surface area (TPSA) is 95.9 Å². The van der Waals surface area contributed by atoms with Crippen LogP contribution in [0.5, 0.6) is 0 Å². The van der Waals surface area contributed by atoms with Crippen LogP contribution >= 0.6 is 11.6 Å². The van der Waals surface area contributed by atoms with Crippen LogP contribution in [0, 0.1) is 0 Å². The summed E-state index contributed by atoms with van der Waals surface area (Å²) in [6, 6.07) is 21.1. The Morgan fingerprint density at radius 3 is 2.12 bits per heavy atom. The molecule has 0 saturated heterocycles. The molecule has 0 aliphatic carbocycles. The number of halogens is 1. The van der Waals surface area contributed by atoms with Gasteiger partial charge in [0.1, 0.15) is 0 Å². The first-order valence-corrected chi connectivity index (χ1v) is 11.4. The molecule has 0 radical (unpaired) electrons. The van der Waals surface area contributed by atoms with Crippen LogP contribution in [0.4, 0.5) is 21.9 Å². The number of hydrogen-bond acceptors (Lipinski definition) is 4. The molecule has 4 N–H and O–H groups in total. The Kier molecular flexibility index (Phi) is 8.51. The summed E-state index contributed by atoms with van der Waals surface area (Å²) in [6.45, 7) is 1.73. The molecular formula is C26H30ClN5O2. The average Bonchev–Trinajstić information content (AvgIpc) is 2.81. The predicted molar refractivity (Wildman–Crippen MR) is 138 cm³/mol. The second-order valence-corrected chi connectivity index (χ2v) is 8.73. The van der Waals surface area contributed by atoms with Crippen molar-refractivity contribution in [2.45, 2.75) is 13.0 Å². The first-order valence-electron chi connectivity index (χ1n) is 11.0. The van der Waals surface area contributed by atoms with Crippen LogP contribution in [0.2, 0.25) is 5.02 Å². The van der Waals surface area contributed by atoms with Crippen molar-refractivity contribution in [2.75, 3.05) is 37.8 Å². The van der Waals surface area contributed by atoms with Crippen LogP contribution < -0.4 is 16.4 Å². The van der Waals surface area contributed by atoms with Gasteiger partial charge >= 0.3 is 6.03 Å². The first kappa shape index (κ1) is 25.1. The second kappa shape index (κ2) is 11.5. The normalized spacial score (nSPS) is 10.8. The molecule has 0 spiro atoms. The number of para-hydroxylation sites is 2. The minimum Gasteiger partial charge on any atom is -0.397 e. The lowest BCUT2D eigenvalue weighted by molar-refractivity contribution is 0.1000. The lowest BCUT2D eigenvalue weighted by atomic mass is 10.1. The number of primary amides is 1. The van der Waals surface area contributed by atoms with E-state index in [0.717, 1.165) is 18.5 Å². The van der Waals surface area contributed by atoms with Gasteiger partial charge in [-0.1, -0.05) is 35.9 Å². The van der Waals surface area contributed by atoms with Crippen molar-refractivity contribution in [1.29, 1.82) is 0 Å². The largest absolute Gasteiger partial charge is 0.397 e. The molecule has 8 heteroatoms. The minimum atomic E-state index is -0.487. The maximum atomic E-state index is 14.0. The highest BCUT2D eigenvalue weighted by molar-refractivity contribution is 6.30. The Hall–Kier alpha value is -3.55. The highest BCUT2D eigenvalue weighted by atomic mass is 35.5. The molecular weight excluding hydrogens is 450 g/mol. The molecule has 3 rings (SSSR count). The number of carbonyl (C=O) groups is 2. The molecule has 0 aliphatic rings. The fourth-order valence-electron chi connectivity index (χ4n) is 3.59. The molecule has 178 valence electrons. The summed E-state index contributed by atoms with van der Waals surface area (Å²) in [5.74, 6) is -0.487. The van der Waals surface area contributed by atoms with Gasteiger partial charge in [0.2, 0.25) is 5.91 Å². The highest BCUT2D eigenvalue weighted by Gasteiger charge is 2.25. The van der Waals surface area contributed by atoms with Crippen LogP contribution in [-0.2, 0) is 6.54 Å². The van der Waals surface area contributed by atoms with Gasteiger partial charge in [0.25, 0.3) is 0 Å². The van der Waals surface area contributed by atoms with Crippen LogP contribution in [-0.4, -0.2) is 48.9 Å². The van der Waals surface area contributed by atoms with Crippen LogP contribution in [0.15, 0.2) is 72.8 Å². The lowest BCUT2D eigenvalue weighted by Gasteiger charge is -2.32. The number of benzene rings is 3. The third kappa shape index (κ3) is 6.50. The molecule has 0 saturated carbocycles. The van der Waals surface area contributed by atoms with Gasteiger partial charge in [-0.25, -0.2) is 4.79 Å². The Morgan fingerprint density at radius 1 is 0.882 bits per heavy atom. The predicted octanol–water partition coefficient (Wildman–Crippen LogP) is 4.73. The van der Waals surface area contributed by atoms with Crippen molar-refractivity contribution in [2.24, 2.45) is 5.73 Å². The van der Waals surface area contributed by atoms with Crippen molar-refractivity contribution < 1.29 is 9.59 Å². The standard InChI is InChI=1S/C26H30ClN5O2/c1-30(2)16-5-17-31(18-19-8-10-20(11-9-19)25(29)33)26(34)32(22-14-12-21(27)13-15-22)24-7-4-3-6-23(24)28/h3-4,6-15H,5,16-18,28H2,1-2H3,(H2,29,33). The van der Waals surface area contributed by atoms with Gasteiger partial charge in [0, 0.05) is 23.7 Å². The number of carbonyl (C=O) groups excluding carboxylic acids is 2. The molecule has 0 aliphatic heterocycles. The van der Waals surface area contributed by atoms with Crippen LogP contribution in [0.1, 0.15) is 22.3 Å². The number of anilines is 3. The molecule has 0 unspecified atom stereocenters. The number of urea groups is 1. The zero-order chi connectivity index (χ0) is 24.7. The number of nitrogen functional groups attached to an aromatic ring is 1. The third-order valence-electron chi connectivity index (χ3n) is 5.37. The summed E-state index contributed by atoms with van der Waals surface area (Å²) < 4.78 is 0. The maximum absolute atomic E-state index is 14.0. The minimum absolute atomic E-state index is 0.210. The van der Waals surface area contributed by atoms with E-state index in [0.29, 0.717) is 40.7 Å². The highest BCUT2D eigenvalue weighted by Crippen LogP contribution is 2.32. The van der Waals surface area contributed by atoms with E-state index < -0.39 is 5.91 Å². The fourth-order valence-corrected chi connectivity index (χ4v) is 3.72. The summed E-state index contributed by atoms with van der Waals surface area (Å²) >= 11 is 6.10. The first-order chi connectivity index (χ1) is 16.3. The lowest BCUT2D eigenvalue weighted by Crippen LogP contribution is -2.42. The summed E-state index contributed by atoms with van der Waals surface area (Å²) in [7, 11) is 4.00. The molecule has 0 atom stereocenters. The summed E-state index contributed by atoms with van der Waals surface area (Å²) in [4.78, 5) is 30.9. The van der Waals surface area contributed by atoms with Gasteiger partial charge in [-0.05, 0) is 81.2 Å². The molecule has 3 aromatic rings. The second-order valence-electron chi connectivity index (χ2n) is 8.29. The van der Waals surface area contributed by atoms with E-state index in [1.807, 2.05) is 44.4 Å². The number of hydrogen-bond donors (Lipinski definition) is 2. The third-order valence-corrected chi connectivity index (χ3v) is 5.62. The molecule has 0 heterocycles. The van der Waals surface area contributed by atoms with Crippen molar-refractivity contribution in [3.63, 3.8) is 0 Å². The van der Waals surface area contributed by atoms with Crippen LogP contribution in [0.3, 0.4) is 0 Å². The van der Waals surface area contributed by atoms with E-state index in [4.69, 9.17) is 23.1 Å². The smallest absolute Gasteiger partial charge is 0.329 e. The zero-order valence-electron chi connectivity index (χ0n) is 19.4. The number of amides is 3. The van der Waals surface area contributed by atoms with E-state index in [2.05, 4.69) is 4.90 Å². The van der Waals surface area contributed by atoms with Gasteiger partial charge in [0.05, 0.1) is 17.1 Å².